The number of nitrogens with one attached hydrogen (secondary N) is 2. The molecule has 3 aromatic rings. The molecule has 3 rings (SSSR count). The van der Waals surface area contributed by atoms with E-state index in [4.69, 9.17) is 4.74 Å². The summed E-state index contributed by atoms with van der Waals surface area (Å²) in [5.41, 5.74) is 2.72. The maximum Gasteiger partial charge on any atom is 0.262 e. The number of sulfonamides is 1. The van der Waals surface area contributed by atoms with Crippen molar-refractivity contribution < 1.29 is 17.9 Å². The van der Waals surface area contributed by atoms with Gasteiger partial charge in [-0.3, -0.25) is 9.52 Å². The van der Waals surface area contributed by atoms with E-state index in [1.54, 1.807) is 61.5 Å². The average Bonchev–Trinajstić information content (AvgIpc) is 2.69. The Hall–Kier alpha value is -3.32. The van der Waals surface area contributed by atoms with Gasteiger partial charge in [-0.15, -0.1) is 0 Å². The number of benzene rings is 3. The molecule has 0 aromatic heterocycles. The lowest BCUT2D eigenvalue weighted by molar-refractivity contribution is 0.102. The van der Waals surface area contributed by atoms with Gasteiger partial charge in [-0.25, -0.2) is 8.42 Å². The lowest BCUT2D eigenvalue weighted by Gasteiger charge is -2.14. The second kappa shape index (κ2) is 8.36. The minimum absolute atomic E-state index is 0.0943. The summed E-state index contributed by atoms with van der Waals surface area (Å²) >= 11 is 0. The monoisotopic (exact) mass is 410 g/mol. The first-order chi connectivity index (χ1) is 13.8. The van der Waals surface area contributed by atoms with Gasteiger partial charge < -0.3 is 10.1 Å². The quantitative estimate of drug-likeness (QED) is 0.632. The van der Waals surface area contributed by atoms with E-state index in [0.29, 0.717) is 28.3 Å². The summed E-state index contributed by atoms with van der Waals surface area (Å²) in [6.45, 7) is 3.59. The van der Waals surface area contributed by atoms with E-state index < -0.39 is 10.0 Å². The SMILES string of the molecule is COc1ccccc1C(=O)Nc1ccc(C)c(S(=O)(=O)Nc2cccc(C)c2)c1. The van der Waals surface area contributed by atoms with Gasteiger partial charge in [0.05, 0.1) is 17.6 Å². The number of carbonyl (C=O) groups is 1. The maximum absolute atomic E-state index is 12.9. The molecule has 0 aliphatic carbocycles. The fourth-order valence-corrected chi connectivity index (χ4v) is 4.24. The van der Waals surface area contributed by atoms with E-state index in [2.05, 4.69) is 10.0 Å². The van der Waals surface area contributed by atoms with E-state index in [1.807, 2.05) is 13.0 Å². The first-order valence-corrected chi connectivity index (χ1v) is 10.4. The molecule has 7 heteroatoms. The van der Waals surface area contributed by atoms with E-state index in [1.165, 1.54) is 13.2 Å². The van der Waals surface area contributed by atoms with Gasteiger partial charge in [0.15, 0.2) is 0 Å². The van der Waals surface area contributed by atoms with Crippen LogP contribution in [0, 0.1) is 13.8 Å². The van der Waals surface area contributed by atoms with Crippen LogP contribution < -0.4 is 14.8 Å². The van der Waals surface area contributed by atoms with E-state index in [9.17, 15) is 13.2 Å². The molecule has 0 fully saturated rings. The van der Waals surface area contributed by atoms with Crippen LogP contribution in [0.1, 0.15) is 21.5 Å². The highest BCUT2D eigenvalue weighted by Crippen LogP contribution is 2.25. The highest BCUT2D eigenvalue weighted by atomic mass is 32.2. The zero-order chi connectivity index (χ0) is 21.0. The Morgan fingerprint density at radius 3 is 2.38 bits per heavy atom. The third kappa shape index (κ3) is 4.75. The van der Waals surface area contributed by atoms with Gasteiger partial charge in [0.25, 0.3) is 15.9 Å². The van der Waals surface area contributed by atoms with Crippen molar-refractivity contribution in [2.75, 3.05) is 17.1 Å². The van der Waals surface area contributed by atoms with Gasteiger partial charge >= 0.3 is 0 Å². The summed E-state index contributed by atoms with van der Waals surface area (Å²) in [6.07, 6.45) is 0. The van der Waals surface area contributed by atoms with Crippen LogP contribution in [0.15, 0.2) is 71.6 Å². The molecular formula is C22H22N2O4S. The first-order valence-electron chi connectivity index (χ1n) is 8.94. The van der Waals surface area contributed by atoms with Gasteiger partial charge in [-0.1, -0.05) is 30.3 Å². The zero-order valence-corrected chi connectivity index (χ0v) is 17.2. The molecular weight excluding hydrogens is 388 g/mol. The molecule has 150 valence electrons. The zero-order valence-electron chi connectivity index (χ0n) is 16.4. The Balaban J connectivity index is 1.88. The highest BCUT2D eigenvalue weighted by molar-refractivity contribution is 7.92. The van der Waals surface area contributed by atoms with Crippen LogP contribution in [-0.4, -0.2) is 21.4 Å². The molecule has 29 heavy (non-hydrogen) atoms. The number of anilines is 2. The molecule has 0 spiro atoms. The van der Waals surface area contributed by atoms with Gasteiger partial charge in [0, 0.05) is 11.4 Å². The van der Waals surface area contributed by atoms with E-state index in [-0.39, 0.29) is 10.8 Å². The van der Waals surface area contributed by atoms with Crippen molar-refractivity contribution in [1.82, 2.24) is 0 Å². The second-order valence-corrected chi connectivity index (χ2v) is 8.26. The van der Waals surface area contributed by atoms with Crippen molar-refractivity contribution in [1.29, 1.82) is 0 Å². The van der Waals surface area contributed by atoms with Crippen LogP contribution in [0.3, 0.4) is 0 Å². The summed E-state index contributed by atoms with van der Waals surface area (Å²) in [7, 11) is -2.34. The average molecular weight is 410 g/mol. The lowest BCUT2D eigenvalue weighted by Crippen LogP contribution is -2.16. The number of aryl methyl sites for hydroxylation is 2. The number of hydrogen-bond acceptors (Lipinski definition) is 4. The molecule has 0 aliphatic rings. The minimum Gasteiger partial charge on any atom is -0.496 e. The van der Waals surface area contributed by atoms with Crippen molar-refractivity contribution >= 4 is 27.3 Å². The predicted molar refractivity (Wildman–Crippen MR) is 114 cm³/mol. The molecule has 3 aromatic carbocycles. The fraction of sp³-hybridized carbons (Fsp3) is 0.136. The fourth-order valence-electron chi connectivity index (χ4n) is 2.92. The van der Waals surface area contributed by atoms with Crippen LogP contribution in [0.2, 0.25) is 0 Å². The van der Waals surface area contributed by atoms with Gasteiger partial charge in [0.1, 0.15) is 5.75 Å². The molecule has 0 saturated carbocycles. The molecule has 1 amide bonds. The Morgan fingerprint density at radius 2 is 1.66 bits per heavy atom. The molecule has 0 aliphatic heterocycles. The van der Waals surface area contributed by atoms with Crippen LogP contribution >= 0.6 is 0 Å². The van der Waals surface area contributed by atoms with Crippen LogP contribution in [0.4, 0.5) is 11.4 Å². The summed E-state index contributed by atoms with van der Waals surface area (Å²) in [5, 5.41) is 2.73. The van der Waals surface area contributed by atoms with Crippen molar-refractivity contribution in [3.8, 4) is 5.75 Å². The molecule has 0 heterocycles. The molecule has 6 nitrogen and oxygen atoms in total. The summed E-state index contributed by atoms with van der Waals surface area (Å²) in [4.78, 5) is 12.7. The largest absolute Gasteiger partial charge is 0.496 e. The second-order valence-electron chi connectivity index (χ2n) is 6.61. The number of methoxy groups -OCH3 is 1. The highest BCUT2D eigenvalue weighted by Gasteiger charge is 2.19. The van der Waals surface area contributed by atoms with Crippen LogP contribution in [-0.2, 0) is 10.0 Å². The standard InChI is InChI=1S/C22H22N2O4S/c1-15-7-6-8-18(13-15)24-29(26,27)21-14-17(12-11-16(21)2)23-22(25)19-9-4-5-10-20(19)28-3/h4-14,24H,1-3H3,(H,23,25). The molecule has 0 bridgehead atoms. The van der Waals surface area contributed by atoms with Crippen molar-refractivity contribution in [3.05, 3.63) is 83.4 Å². The third-order valence-electron chi connectivity index (χ3n) is 4.36. The molecule has 2 N–H and O–H groups in total. The number of amides is 1. The predicted octanol–water partition coefficient (Wildman–Crippen LogP) is 4.37. The van der Waals surface area contributed by atoms with Crippen molar-refractivity contribution in [3.63, 3.8) is 0 Å². The van der Waals surface area contributed by atoms with E-state index >= 15 is 0 Å². The Bertz CT molecular complexity index is 1160. The normalized spacial score (nSPS) is 11.0. The number of hydrogen-bond donors (Lipinski definition) is 2. The summed E-state index contributed by atoms with van der Waals surface area (Å²) < 4.78 is 33.6. The minimum atomic E-state index is -3.82. The number of para-hydroxylation sites is 1. The molecule has 0 unspecified atom stereocenters. The van der Waals surface area contributed by atoms with Crippen molar-refractivity contribution in [2.45, 2.75) is 18.7 Å². The van der Waals surface area contributed by atoms with Crippen molar-refractivity contribution in [2.24, 2.45) is 0 Å². The Kier molecular flexibility index (Phi) is 5.89. The van der Waals surface area contributed by atoms with Gasteiger partial charge in [-0.05, 0) is 61.4 Å². The number of carbonyl (C=O) groups excluding carboxylic acids is 1. The molecule has 0 atom stereocenters. The van der Waals surface area contributed by atoms with Crippen LogP contribution in [0.5, 0.6) is 5.75 Å². The summed E-state index contributed by atoms with van der Waals surface area (Å²) in [6, 6.07) is 18.7. The smallest absolute Gasteiger partial charge is 0.262 e. The van der Waals surface area contributed by atoms with Gasteiger partial charge in [-0.2, -0.15) is 0 Å². The Labute approximate surface area is 170 Å². The third-order valence-corrected chi connectivity index (χ3v) is 5.88. The maximum atomic E-state index is 12.9. The van der Waals surface area contributed by atoms with Gasteiger partial charge in [0.2, 0.25) is 0 Å². The topological polar surface area (TPSA) is 84.5 Å². The Morgan fingerprint density at radius 1 is 0.897 bits per heavy atom. The lowest BCUT2D eigenvalue weighted by atomic mass is 10.1. The molecule has 0 radical (unpaired) electrons. The number of rotatable bonds is 6. The number of ether oxygens (including phenoxy) is 1. The van der Waals surface area contributed by atoms with E-state index in [0.717, 1.165) is 5.56 Å². The molecule has 0 saturated heterocycles. The van der Waals surface area contributed by atoms with Crippen LogP contribution in [0.25, 0.3) is 0 Å². The first kappa shape index (κ1) is 20.4. The summed E-state index contributed by atoms with van der Waals surface area (Å²) in [5.74, 6) is 0.0485.